The third kappa shape index (κ3) is 8.68. The quantitative estimate of drug-likeness (QED) is 0.239. The second kappa shape index (κ2) is 14.5. The summed E-state index contributed by atoms with van der Waals surface area (Å²) in [6.07, 6.45) is 3.98. The lowest BCUT2D eigenvalue weighted by atomic mass is 10.0. The van der Waals surface area contributed by atoms with Crippen LogP contribution in [0.5, 0.6) is 11.5 Å². The van der Waals surface area contributed by atoms with E-state index in [9.17, 15) is 5.11 Å². The molecule has 6 N–H and O–H groups in total. The second-order valence-corrected chi connectivity index (χ2v) is 7.96. The molecule has 0 bridgehead atoms. The molecule has 2 rings (SSSR count). The summed E-state index contributed by atoms with van der Waals surface area (Å²) in [4.78, 5) is 8.83. The average molecular weight is 462 g/mol. The van der Waals surface area contributed by atoms with Crippen LogP contribution in [0.4, 0.5) is 11.8 Å². The highest BCUT2D eigenvalue weighted by Crippen LogP contribution is 2.30. The highest BCUT2D eigenvalue weighted by Gasteiger charge is 2.17. The van der Waals surface area contributed by atoms with Gasteiger partial charge >= 0.3 is 0 Å². The number of hydrogen-bond donors (Lipinski definition) is 5. The molecule has 9 nitrogen and oxygen atoms in total. The number of hydrogen-bond acceptors (Lipinski definition) is 9. The Morgan fingerprint density at radius 1 is 1.12 bits per heavy atom. The number of aliphatic hydroxyl groups excluding tert-OH is 2. The Morgan fingerprint density at radius 3 is 2.64 bits per heavy atom. The van der Waals surface area contributed by atoms with Gasteiger partial charge in [0.2, 0.25) is 5.95 Å². The first-order valence-electron chi connectivity index (χ1n) is 11.6. The Labute approximate surface area is 196 Å². The standard InChI is InChI=1S/C24H39N5O4/c1-4-6-19(9-12-30)28-23-21(17(2)27-24(25)29-23)15-18-7-8-20(16-22(18)32-3)33-14-5-10-26-11-13-31/h7-8,16,19,26,30-31H,4-6,9-15H2,1-3H3,(H3,25,27,28,29)/t19-/m0/s1. The minimum atomic E-state index is 0.108. The van der Waals surface area contributed by atoms with Crippen LogP contribution in [0.15, 0.2) is 18.2 Å². The molecule has 0 aliphatic rings. The highest BCUT2D eigenvalue weighted by molar-refractivity contribution is 5.54. The molecule has 0 aliphatic carbocycles. The molecular formula is C24H39N5O4. The Balaban J connectivity index is 2.16. The van der Waals surface area contributed by atoms with Crippen LogP contribution >= 0.6 is 0 Å². The van der Waals surface area contributed by atoms with Gasteiger partial charge in [0, 0.05) is 42.9 Å². The molecule has 0 aliphatic heterocycles. The van der Waals surface area contributed by atoms with Gasteiger partial charge in [-0.1, -0.05) is 19.4 Å². The van der Waals surface area contributed by atoms with E-state index in [2.05, 4.69) is 27.5 Å². The number of rotatable bonds is 16. The molecule has 0 fully saturated rings. The lowest BCUT2D eigenvalue weighted by molar-refractivity contribution is 0.276. The number of aryl methyl sites for hydroxylation is 1. The number of aromatic nitrogens is 2. The molecule has 1 heterocycles. The molecule has 184 valence electrons. The van der Waals surface area contributed by atoms with Gasteiger partial charge in [0.05, 0.1) is 20.3 Å². The summed E-state index contributed by atoms with van der Waals surface area (Å²) >= 11 is 0. The molecule has 2 aromatic rings. The Hall–Kier alpha value is -2.62. The summed E-state index contributed by atoms with van der Waals surface area (Å²) in [7, 11) is 1.64. The van der Waals surface area contributed by atoms with E-state index < -0.39 is 0 Å². The number of anilines is 2. The van der Waals surface area contributed by atoms with Crippen molar-refractivity contribution in [1.29, 1.82) is 0 Å². The van der Waals surface area contributed by atoms with Crippen molar-refractivity contribution >= 4 is 11.8 Å². The van der Waals surface area contributed by atoms with Crippen molar-refractivity contribution in [3.8, 4) is 11.5 Å². The predicted molar refractivity (Wildman–Crippen MR) is 131 cm³/mol. The molecule has 33 heavy (non-hydrogen) atoms. The molecular weight excluding hydrogens is 422 g/mol. The SMILES string of the molecule is CCC[C@@H](CCO)Nc1nc(N)nc(C)c1Cc1ccc(OCCCNCCO)cc1OC. The van der Waals surface area contributed by atoms with Crippen LogP contribution in [0.25, 0.3) is 0 Å². The lowest BCUT2D eigenvalue weighted by Gasteiger charge is -2.21. The molecule has 9 heteroatoms. The first kappa shape index (κ1) is 26.6. The molecule has 0 spiro atoms. The number of nitrogens with two attached hydrogens (primary N) is 1. The zero-order chi connectivity index (χ0) is 24.1. The summed E-state index contributed by atoms with van der Waals surface area (Å²) in [6, 6.07) is 5.93. The largest absolute Gasteiger partial charge is 0.496 e. The number of nitrogen functional groups attached to an aromatic ring is 1. The van der Waals surface area contributed by atoms with E-state index in [0.717, 1.165) is 54.1 Å². The topological polar surface area (TPSA) is 135 Å². The summed E-state index contributed by atoms with van der Waals surface area (Å²) in [5, 5.41) is 24.8. The fourth-order valence-electron chi connectivity index (χ4n) is 3.68. The van der Waals surface area contributed by atoms with E-state index in [-0.39, 0.29) is 25.2 Å². The molecule has 0 radical (unpaired) electrons. The molecule has 0 unspecified atom stereocenters. The van der Waals surface area contributed by atoms with E-state index >= 15 is 0 Å². The van der Waals surface area contributed by atoms with Gasteiger partial charge in [-0.2, -0.15) is 4.98 Å². The maximum Gasteiger partial charge on any atom is 0.222 e. The maximum atomic E-state index is 9.43. The van der Waals surface area contributed by atoms with Gasteiger partial charge < -0.3 is 36.1 Å². The number of benzene rings is 1. The van der Waals surface area contributed by atoms with Crippen molar-refractivity contribution in [3.63, 3.8) is 0 Å². The lowest BCUT2D eigenvalue weighted by Crippen LogP contribution is -2.23. The van der Waals surface area contributed by atoms with Crippen molar-refractivity contribution in [3.05, 3.63) is 35.0 Å². The van der Waals surface area contributed by atoms with Gasteiger partial charge in [-0.3, -0.25) is 0 Å². The van der Waals surface area contributed by atoms with Crippen LogP contribution in [0.3, 0.4) is 0 Å². The van der Waals surface area contributed by atoms with Gasteiger partial charge in [0.1, 0.15) is 17.3 Å². The minimum Gasteiger partial charge on any atom is -0.496 e. The number of ether oxygens (including phenoxy) is 2. The first-order valence-corrected chi connectivity index (χ1v) is 11.6. The van der Waals surface area contributed by atoms with Crippen molar-refractivity contribution in [2.75, 3.05) is 51.1 Å². The average Bonchev–Trinajstić information content (AvgIpc) is 2.79. The van der Waals surface area contributed by atoms with Gasteiger partial charge in [-0.05, 0) is 44.4 Å². The summed E-state index contributed by atoms with van der Waals surface area (Å²) in [5.41, 5.74) is 8.68. The third-order valence-electron chi connectivity index (χ3n) is 5.37. The maximum absolute atomic E-state index is 9.43. The Morgan fingerprint density at radius 2 is 1.94 bits per heavy atom. The van der Waals surface area contributed by atoms with E-state index in [0.29, 0.717) is 31.8 Å². The predicted octanol–water partition coefficient (Wildman–Crippen LogP) is 2.28. The van der Waals surface area contributed by atoms with Crippen molar-refractivity contribution < 1.29 is 19.7 Å². The van der Waals surface area contributed by atoms with E-state index in [1.807, 2.05) is 25.1 Å². The molecule has 0 amide bonds. The first-order chi connectivity index (χ1) is 16.0. The van der Waals surface area contributed by atoms with E-state index in [1.165, 1.54) is 0 Å². The fraction of sp³-hybridized carbons (Fsp3) is 0.583. The summed E-state index contributed by atoms with van der Waals surface area (Å²) < 4.78 is 11.5. The minimum absolute atomic E-state index is 0.108. The van der Waals surface area contributed by atoms with Crippen molar-refractivity contribution in [2.24, 2.45) is 0 Å². The highest BCUT2D eigenvalue weighted by atomic mass is 16.5. The van der Waals surface area contributed by atoms with Crippen LogP contribution in [0.1, 0.15) is 49.4 Å². The Bertz CT molecular complexity index is 844. The zero-order valence-electron chi connectivity index (χ0n) is 20.1. The smallest absolute Gasteiger partial charge is 0.222 e. The fourth-order valence-corrected chi connectivity index (χ4v) is 3.68. The normalized spacial score (nSPS) is 11.9. The zero-order valence-corrected chi connectivity index (χ0v) is 20.1. The monoisotopic (exact) mass is 461 g/mol. The molecule has 1 atom stereocenters. The van der Waals surface area contributed by atoms with Gasteiger partial charge in [0.15, 0.2) is 0 Å². The molecule has 0 saturated heterocycles. The number of nitrogens with zero attached hydrogens (tertiary/aromatic N) is 2. The number of nitrogens with one attached hydrogen (secondary N) is 2. The van der Waals surface area contributed by atoms with Crippen LogP contribution in [-0.2, 0) is 6.42 Å². The molecule has 1 aromatic carbocycles. The van der Waals surface area contributed by atoms with Gasteiger partial charge in [-0.25, -0.2) is 4.98 Å². The summed E-state index contributed by atoms with van der Waals surface area (Å²) in [6.45, 7) is 6.24. The second-order valence-electron chi connectivity index (χ2n) is 7.96. The van der Waals surface area contributed by atoms with Crippen LogP contribution < -0.4 is 25.8 Å². The van der Waals surface area contributed by atoms with Gasteiger partial charge in [-0.15, -0.1) is 0 Å². The summed E-state index contributed by atoms with van der Waals surface area (Å²) in [5.74, 6) is 2.40. The van der Waals surface area contributed by atoms with Crippen LogP contribution in [-0.4, -0.2) is 66.2 Å². The van der Waals surface area contributed by atoms with Crippen LogP contribution in [0, 0.1) is 6.92 Å². The number of methoxy groups -OCH3 is 1. The van der Waals surface area contributed by atoms with E-state index in [4.69, 9.17) is 20.3 Å². The number of aliphatic hydroxyl groups is 2. The third-order valence-corrected chi connectivity index (χ3v) is 5.37. The van der Waals surface area contributed by atoms with Crippen LogP contribution in [0.2, 0.25) is 0 Å². The van der Waals surface area contributed by atoms with Crippen molar-refractivity contribution in [1.82, 2.24) is 15.3 Å². The van der Waals surface area contributed by atoms with Gasteiger partial charge in [0.25, 0.3) is 0 Å². The Kier molecular flexibility index (Phi) is 11.7. The van der Waals surface area contributed by atoms with E-state index in [1.54, 1.807) is 7.11 Å². The van der Waals surface area contributed by atoms with Crippen molar-refractivity contribution in [2.45, 2.75) is 52.0 Å². The molecule has 0 saturated carbocycles. The molecule has 1 aromatic heterocycles.